The number of aryl methyl sites for hydroxylation is 2. The van der Waals surface area contributed by atoms with Gasteiger partial charge in [-0.05, 0) is 50.2 Å². The van der Waals surface area contributed by atoms with E-state index in [0.717, 1.165) is 29.1 Å². The van der Waals surface area contributed by atoms with E-state index in [9.17, 15) is 4.79 Å². The van der Waals surface area contributed by atoms with E-state index in [-0.39, 0.29) is 11.7 Å². The van der Waals surface area contributed by atoms with Gasteiger partial charge in [0.2, 0.25) is 5.91 Å². The average Bonchev–Trinajstić information content (AvgIpc) is 3.35. The van der Waals surface area contributed by atoms with Crippen LogP contribution in [0.3, 0.4) is 0 Å². The fourth-order valence-corrected chi connectivity index (χ4v) is 4.91. The number of nitrogens with one attached hydrogen (secondary N) is 1. The molecule has 0 aliphatic rings. The Labute approximate surface area is 190 Å². The van der Waals surface area contributed by atoms with Crippen LogP contribution in [0.1, 0.15) is 12.7 Å². The van der Waals surface area contributed by atoms with Crippen LogP contribution in [0.25, 0.3) is 27.5 Å². The van der Waals surface area contributed by atoms with Crippen molar-refractivity contribution < 1.29 is 4.79 Å². The van der Waals surface area contributed by atoms with E-state index in [1.165, 1.54) is 28.2 Å². The number of thioether (sulfide) groups is 1. The van der Waals surface area contributed by atoms with Crippen LogP contribution in [0, 0.1) is 6.92 Å². The average molecular weight is 442 g/mol. The van der Waals surface area contributed by atoms with Crippen molar-refractivity contribution in [3.05, 3.63) is 78.6 Å². The summed E-state index contributed by atoms with van der Waals surface area (Å²) in [4.78, 5) is 12.7. The summed E-state index contributed by atoms with van der Waals surface area (Å²) in [5.74, 6) is 0.963. The molecule has 5 rings (SSSR count). The second kappa shape index (κ2) is 8.51. The summed E-state index contributed by atoms with van der Waals surface area (Å²) in [5, 5.41) is 14.5. The fraction of sp³-hybridized carbons (Fsp3) is 0.160. The lowest BCUT2D eigenvalue weighted by Crippen LogP contribution is -2.14. The summed E-state index contributed by atoms with van der Waals surface area (Å²) >= 11 is 1.38. The molecular formula is C25H23N5OS. The van der Waals surface area contributed by atoms with Crippen LogP contribution in [0.2, 0.25) is 0 Å². The quantitative estimate of drug-likeness (QED) is 0.357. The first kappa shape index (κ1) is 20.3. The van der Waals surface area contributed by atoms with Crippen molar-refractivity contribution in [2.24, 2.45) is 0 Å². The normalized spacial score (nSPS) is 11.3. The van der Waals surface area contributed by atoms with Crippen LogP contribution < -0.4 is 5.32 Å². The Balaban J connectivity index is 1.35. The molecule has 2 aromatic heterocycles. The van der Waals surface area contributed by atoms with Crippen molar-refractivity contribution in [1.29, 1.82) is 0 Å². The van der Waals surface area contributed by atoms with E-state index in [0.29, 0.717) is 5.16 Å². The summed E-state index contributed by atoms with van der Waals surface area (Å²) in [6, 6.07) is 24.4. The Kier molecular flexibility index (Phi) is 5.41. The van der Waals surface area contributed by atoms with Crippen molar-refractivity contribution in [3.63, 3.8) is 0 Å². The second-order valence-corrected chi connectivity index (χ2v) is 8.47. The fourth-order valence-electron chi connectivity index (χ4n) is 4.11. The van der Waals surface area contributed by atoms with Gasteiger partial charge in [0, 0.05) is 39.7 Å². The molecule has 0 atom stereocenters. The first-order valence-corrected chi connectivity index (χ1v) is 11.6. The maximum Gasteiger partial charge on any atom is 0.234 e. The van der Waals surface area contributed by atoms with Crippen LogP contribution >= 0.6 is 11.8 Å². The molecule has 0 aliphatic heterocycles. The molecule has 0 fully saturated rings. The lowest BCUT2D eigenvalue weighted by Gasteiger charge is -2.09. The Bertz CT molecular complexity index is 1420. The number of carbonyl (C=O) groups excluding carboxylic acids is 1. The number of nitrogens with zero attached hydrogens (tertiary/aromatic N) is 4. The van der Waals surface area contributed by atoms with E-state index >= 15 is 0 Å². The lowest BCUT2D eigenvalue weighted by molar-refractivity contribution is -0.113. The molecule has 0 bridgehead atoms. The third-order valence-electron chi connectivity index (χ3n) is 5.51. The van der Waals surface area contributed by atoms with Gasteiger partial charge in [0.05, 0.1) is 5.75 Å². The molecule has 2 heterocycles. The molecule has 1 N–H and O–H groups in total. The number of fused-ring (bicyclic) bond motifs is 3. The van der Waals surface area contributed by atoms with E-state index in [2.05, 4.69) is 63.4 Å². The SMILES string of the molecule is CCn1c2ccccc2c2cc(NC(=O)CSc3nnc(C)n3-c3ccccc3)ccc21. The number of hydrogen-bond acceptors (Lipinski definition) is 4. The van der Waals surface area contributed by atoms with Crippen LogP contribution in [0.15, 0.2) is 78.0 Å². The van der Waals surface area contributed by atoms with Gasteiger partial charge in [0.15, 0.2) is 5.16 Å². The van der Waals surface area contributed by atoms with E-state index < -0.39 is 0 Å². The summed E-state index contributed by atoms with van der Waals surface area (Å²) in [5.41, 5.74) is 4.16. The van der Waals surface area contributed by atoms with Gasteiger partial charge in [-0.1, -0.05) is 48.2 Å². The van der Waals surface area contributed by atoms with E-state index in [1.54, 1.807) is 0 Å². The Morgan fingerprint density at radius 3 is 2.50 bits per heavy atom. The highest BCUT2D eigenvalue weighted by atomic mass is 32.2. The summed E-state index contributed by atoms with van der Waals surface area (Å²) in [6.45, 7) is 4.95. The highest BCUT2D eigenvalue weighted by Gasteiger charge is 2.14. The summed E-state index contributed by atoms with van der Waals surface area (Å²) in [7, 11) is 0. The summed E-state index contributed by atoms with van der Waals surface area (Å²) in [6.07, 6.45) is 0. The highest BCUT2D eigenvalue weighted by Crippen LogP contribution is 2.31. The van der Waals surface area contributed by atoms with E-state index in [4.69, 9.17) is 0 Å². The number of carbonyl (C=O) groups is 1. The van der Waals surface area contributed by atoms with Gasteiger partial charge in [-0.3, -0.25) is 9.36 Å². The molecule has 0 aliphatic carbocycles. The Morgan fingerprint density at radius 2 is 1.69 bits per heavy atom. The standard InChI is InChI=1S/C25H23N5OS/c1-3-29-22-12-8-7-11-20(22)21-15-18(13-14-23(21)29)26-24(31)16-32-25-28-27-17(2)30(25)19-9-5-4-6-10-19/h4-15H,3,16H2,1-2H3,(H,26,31). The molecule has 0 spiro atoms. The third kappa shape index (κ3) is 3.65. The number of amides is 1. The van der Waals surface area contributed by atoms with Crippen molar-refractivity contribution in [1.82, 2.24) is 19.3 Å². The minimum absolute atomic E-state index is 0.0751. The van der Waals surface area contributed by atoms with Gasteiger partial charge in [0.1, 0.15) is 5.82 Å². The zero-order chi connectivity index (χ0) is 22.1. The van der Waals surface area contributed by atoms with Gasteiger partial charge < -0.3 is 9.88 Å². The largest absolute Gasteiger partial charge is 0.341 e. The molecule has 0 unspecified atom stereocenters. The first-order chi connectivity index (χ1) is 15.7. The molecule has 7 heteroatoms. The monoisotopic (exact) mass is 441 g/mol. The van der Waals surface area contributed by atoms with Gasteiger partial charge in [-0.2, -0.15) is 0 Å². The summed E-state index contributed by atoms with van der Waals surface area (Å²) < 4.78 is 4.26. The second-order valence-electron chi connectivity index (χ2n) is 7.53. The molecular weight excluding hydrogens is 418 g/mol. The number of rotatable bonds is 6. The molecule has 160 valence electrons. The minimum atomic E-state index is -0.0751. The van der Waals surface area contributed by atoms with Crippen molar-refractivity contribution in [2.45, 2.75) is 25.5 Å². The predicted molar refractivity (Wildman–Crippen MR) is 131 cm³/mol. The van der Waals surface area contributed by atoms with Crippen LogP contribution in [0.4, 0.5) is 5.69 Å². The van der Waals surface area contributed by atoms with E-state index in [1.807, 2.05) is 47.9 Å². The van der Waals surface area contributed by atoms with Crippen molar-refractivity contribution >= 4 is 45.2 Å². The maximum atomic E-state index is 12.7. The molecule has 1 amide bonds. The van der Waals surface area contributed by atoms with Gasteiger partial charge in [-0.25, -0.2) is 0 Å². The number of aromatic nitrogens is 4. The molecule has 32 heavy (non-hydrogen) atoms. The smallest absolute Gasteiger partial charge is 0.234 e. The number of hydrogen-bond donors (Lipinski definition) is 1. The third-order valence-corrected chi connectivity index (χ3v) is 6.44. The maximum absolute atomic E-state index is 12.7. The zero-order valence-electron chi connectivity index (χ0n) is 17.9. The predicted octanol–water partition coefficient (Wildman–Crippen LogP) is 5.43. The number of para-hydroxylation sites is 2. The van der Waals surface area contributed by atoms with Crippen molar-refractivity contribution in [3.8, 4) is 5.69 Å². The Morgan fingerprint density at radius 1 is 0.938 bits per heavy atom. The van der Waals surface area contributed by atoms with Gasteiger partial charge >= 0.3 is 0 Å². The van der Waals surface area contributed by atoms with Crippen LogP contribution in [-0.4, -0.2) is 31.0 Å². The molecule has 6 nitrogen and oxygen atoms in total. The topological polar surface area (TPSA) is 64.7 Å². The molecule has 0 radical (unpaired) electrons. The van der Waals surface area contributed by atoms with Crippen LogP contribution in [-0.2, 0) is 11.3 Å². The number of anilines is 1. The molecule has 5 aromatic rings. The minimum Gasteiger partial charge on any atom is -0.341 e. The molecule has 0 saturated heterocycles. The Hall–Kier alpha value is -3.58. The van der Waals surface area contributed by atoms with Gasteiger partial charge in [0.25, 0.3) is 0 Å². The molecule has 3 aromatic carbocycles. The van der Waals surface area contributed by atoms with Gasteiger partial charge in [-0.15, -0.1) is 10.2 Å². The lowest BCUT2D eigenvalue weighted by atomic mass is 10.1. The zero-order valence-corrected chi connectivity index (χ0v) is 18.8. The molecule has 0 saturated carbocycles. The van der Waals surface area contributed by atoms with Crippen LogP contribution in [0.5, 0.6) is 0 Å². The highest BCUT2D eigenvalue weighted by molar-refractivity contribution is 7.99. The number of benzene rings is 3. The first-order valence-electron chi connectivity index (χ1n) is 10.6. The van der Waals surface area contributed by atoms with Crippen molar-refractivity contribution in [2.75, 3.05) is 11.1 Å².